The van der Waals surface area contributed by atoms with E-state index in [-0.39, 0.29) is 5.91 Å². The van der Waals surface area contributed by atoms with Crippen molar-refractivity contribution in [3.8, 4) is 5.75 Å². The Bertz CT molecular complexity index is 1230. The number of pyridine rings is 1. The summed E-state index contributed by atoms with van der Waals surface area (Å²) in [7, 11) is 3.72. The van der Waals surface area contributed by atoms with Gasteiger partial charge in [-0.25, -0.2) is 4.98 Å². The van der Waals surface area contributed by atoms with Gasteiger partial charge in [0, 0.05) is 30.7 Å². The normalized spacial score (nSPS) is 10.9. The molecule has 0 aliphatic carbocycles. The van der Waals surface area contributed by atoms with Crippen LogP contribution in [-0.4, -0.2) is 49.6 Å². The van der Waals surface area contributed by atoms with Crippen molar-refractivity contribution in [3.05, 3.63) is 96.1 Å². The van der Waals surface area contributed by atoms with Crippen LogP contribution in [0.2, 0.25) is 0 Å². The molecule has 34 heavy (non-hydrogen) atoms. The standard InChI is InChI=1S/C28H30N4O2/c1-32(18-16-21-8-4-3-5-9-21)19-17-29-28(33)25-20-27(31-26-11-7-6-10-24(25)26)30-22-12-14-23(34-2)15-13-22/h3-15,20H,16-19H2,1-2H3,(H,29,33)(H,30,31). The number of aromatic nitrogens is 1. The second kappa shape index (κ2) is 11.3. The van der Waals surface area contributed by atoms with E-state index in [0.29, 0.717) is 17.9 Å². The molecule has 6 heteroatoms. The summed E-state index contributed by atoms with van der Waals surface area (Å²) in [5, 5.41) is 7.20. The van der Waals surface area contributed by atoms with Crippen LogP contribution < -0.4 is 15.4 Å². The zero-order valence-corrected chi connectivity index (χ0v) is 19.6. The number of nitrogens with one attached hydrogen (secondary N) is 2. The number of anilines is 2. The molecule has 0 saturated heterocycles. The molecule has 0 radical (unpaired) electrons. The first-order valence-corrected chi connectivity index (χ1v) is 11.4. The highest BCUT2D eigenvalue weighted by Crippen LogP contribution is 2.24. The number of likely N-dealkylation sites (N-methyl/N-ethyl adjacent to an activating group) is 1. The lowest BCUT2D eigenvalue weighted by Gasteiger charge is -2.17. The van der Waals surface area contributed by atoms with Gasteiger partial charge < -0.3 is 20.3 Å². The third-order valence-corrected chi connectivity index (χ3v) is 5.73. The number of para-hydroxylation sites is 1. The minimum Gasteiger partial charge on any atom is -0.497 e. The van der Waals surface area contributed by atoms with Crippen LogP contribution in [0, 0.1) is 0 Å². The van der Waals surface area contributed by atoms with E-state index in [1.165, 1.54) is 5.56 Å². The maximum atomic E-state index is 13.1. The quantitative estimate of drug-likeness (QED) is 0.357. The molecule has 0 spiro atoms. The highest BCUT2D eigenvalue weighted by atomic mass is 16.5. The lowest BCUT2D eigenvalue weighted by Crippen LogP contribution is -2.34. The van der Waals surface area contributed by atoms with E-state index in [1.807, 2.05) is 54.6 Å². The molecule has 0 fully saturated rings. The Morgan fingerprint density at radius 3 is 2.44 bits per heavy atom. The first-order chi connectivity index (χ1) is 16.6. The van der Waals surface area contributed by atoms with Crippen molar-refractivity contribution in [2.75, 3.05) is 39.1 Å². The Morgan fingerprint density at radius 2 is 1.68 bits per heavy atom. The van der Waals surface area contributed by atoms with Gasteiger partial charge in [0.2, 0.25) is 0 Å². The molecule has 4 rings (SSSR count). The summed E-state index contributed by atoms with van der Waals surface area (Å²) >= 11 is 0. The lowest BCUT2D eigenvalue weighted by molar-refractivity contribution is 0.0951. The Balaban J connectivity index is 1.40. The summed E-state index contributed by atoms with van der Waals surface area (Å²) in [5.74, 6) is 1.30. The van der Waals surface area contributed by atoms with Gasteiger partial charge in [0.05, 0.1) is 18.2 Å². The molecule has 2 N–H and O–H groups in total. The van der Waals surface area contributed by atoms with Gasteiger partial charge in [0.1, 0.15) is 11.6 Å². The zero-order valence-electron chi connectivity index (χ0n) is 19.6. The topological polar surface area (TPSA) is 66.5 Å². The second-order valence-electron chi connectivity index (χ2n) is 8.22. The molecule has 0 aliphatic rings. The maximum absolute atomic E-state index is 13.1. The minimum atomic E-state index is -0.104. The molecule has 0 atom stereocenters. The number of methoxy groups -OCH3 is 1. The van der Waals surface area contributed by atoms with Gasteiger partial charge in [0.15, 0.2) is 0 Å². The van der Waals surface area contributed by atoms with E-state index < -0.39 is 0 Å². The number of nitrogens with zero attached hydrogens (tertiary/aromatic N) is 2. The molecule has 3 aromatic carbocycles. The molecule has 4 aromatic rings. The largest absolute Gasteiger partial charge is 0.497 e. The van der Waals surface area contributed by atoms with Crippen LogP contribution in [0.1, 0.15) is 15.9 Å². The number of carbonyl (C=O) groups excluding carboxylic acids is 1. The molecule has 1 aromatic heterocycles. The summed E-state index contributed by atoms with van der Waals surface area (Å²) in [4.78, 5) is 20.0. The van der Waals surface area contributed by atoms with E-state index in [1.54, 1.807) is 13.2 Å². The first kappa shape index (κ1) is 23.3. The molecule has 0 bridgehead atoms. The fourth-order valence-corrected chi connectivity index (χ4v) is 3.78. The lowest BCUT2D eigenvalue weighted by atomic mass is 10.1. The second-order valence-corrected chi connectivity index (χ2v) is 8.22. The van der Waals surface area contributed by atoms with Gasteiger partial charge >= 0.3 is 0 Å². The number of hydrogen-bond acceptors (Lipinski definition) is 5. The number of carbonyl (C=O) groups is 1. The Hall–Kier alpha value is -3.90. The average molecular weight is 455 g/mol. The van der Waals surface area contributed by atoms with Gasteiger partial charge in [-0.15, -0.1) is 0 Å². The van der Waals surface area contributed by atoms with Crippen LogP contribution in [0.5, 0.6) is 5.75 Å². The number of amides is 1. The van der Waals surface area contributed by atoms with Crippen molar-refractivity contribution in [2.45, 2.75) is 6.42 Å². The SMILES string of the molecule is COc1ccc(Nc2cc(C(=O)NCCN(C)CCc3ccccc3)c3ccccc3n2)cc1. The van der Waals surface area contributed by atoms with Gasteiger partial charge in [-0.2, -0.15) is 0 Å². The van der Waals surface area contributed by atoms with Gasteiger partial charge in [0.25, 0.3) is 5.91 Å². The van der Waals surface area contributed by atoms with Gasteiger partial charge in [-0.05, 0) is 55.4 Å². The molecular formula is C28H30N4O2. The van der Waals surface area contributed by atoms with Crippen LogP contribution in [0.25, 0.3) is 10.9 Å². The van der Waals surface area contributed by atoms with E-state index in [9.17, 15) is 4.79 Å². The summed E-state index contributed by atoms with van der Waals surface area (Å²) in [5.41, 5.74) is 3.56. The highest BCUT2D eigenvalue weighted by Gasteiger charge is 2.13. The van der Waals surface area contributed by atoms with Gasteiger partial charge in [-0.3, -0.25) is 4.79 Å². The number of fused-ring (bicyclic) bond motifs is 1. The molecule has 0 aliphatic heterocycles. The number of ether oxygens (including phenoxy) is 1. The summed E-state index contributed by atoms with van der Waals surface area (Å²) in [6, 6.07) is 27.5. The summed E-state index contributed by atoms with van der Waals surface area (Å²) in [6.07, 6.45) is 0.987. The highest BCUT2D eigenvalue weighted by molar-refractivity contribution is 6.07. The summed E-state index contributed by atoms with van der Waals surface area (Å²) < 4.78 is 5.22. The van der Waals surface area contributed by atoms with Crippen molar-refractivity contribution < 1.29 is 9.53 Å². The van der Waals surface area contributed by atoms with E-state index in [4.69, 9.17) is 4.74 Å². The van der Waals surface area contributed by atoms with Crippen molar-refractivity contribution in [1.29, 1.82) is 0 Å². The molecule has 0 saturated carbocycles. The van der Waals surface area contributed by atoms with Crippen LogP contribution in [0.4, 0.5) is 11.5 Å². The van der Waals surface area contributed by atoms with E-state index in [2.05, 4.69) is 51.8 Å². The number of benzene rings is 3. The Kier molecular flexibility index (Phi) is 7.73. The van der Waals surface area contributed by atoms with Crippen molar-refractivity contribution in [1.82, 2.24) is 15.2 Å². The zero-order chi connectivity index (χ0) is 23.8. The average Bonchev–Trinajstić information content (AvgIpc) is 2.88. The van der Waals surface area contributed by atoms with Crippen LogP contribution >= 0.6 is 0 Å². The van der Waals surface area contributed by atoms with E-state index >= 15 is 0 Å². The Morgan fingerprint density at radius 1 is 0.941 bits per heavy atom. The molecular weight excluding hydrogens is 424 g/mol. The fraction of sp³-hybridized carbons (Fsp3) is 0.214. The molecule has 0 unspecified atom stereocenters. The van der Waals surface area contributed by atoms with Crippen LogP contribution in [-0.2, 0) is 6.42 Å². The fourth-order valence-electron chi connectivity index (χ4n) is 3.78. The summed E-state index contributed by atoms with van der Waals surface area (Å²) in [6.45, 7) is 2.29. The smallest absolute Gasteiger partial charge is 0.252 e. The molecule has 6 nitrogen and oxygen atoms in total. The van der Waals surface area contributed by atoms with E-state index in [0.717, 1.165) is 41.9 Å². The molecule has 174 valence electrons. The number of hydrogen-bond donors (Lipinski definition) is 2. The third-order valence-electron chi connectivity index (χ3n) is 5.73. The van der Waals surface area contributed by atoms with Crippen molar-refractivity contribution >= 4 is 28.3 Å². The molecule has 1 heterocycles. The first-order valence-electron chi connectivity index (χ1n) is 11.4. The predicted octanol–water partition coefficient (Wildman–Crippen LogP) is 4.89. The third kappa shape index (κ3) is 6.11. The van der Waals surface area contributed by atoms with Crippen LogP contribution in [0.3, 0.4) is 0 Å². The Labute approximate surface area is 200 Å². The maximum Gasteiger partial charge on any atom is 0.252 e. The number of rotatable bonds is 10. The van der Waals surface area contributed by atoms with Crippen molar-refractivity contribution in [3.63, 3.8) is 0 Å². The van der Waals surface area contributed by atoms with Gasteiger partial charge in [-0.1, -0.05) is 48.5 Å². The van der Waals surface area contributed by atoms with Crippen LogP contribution in [0.15, 0.2) is 84.9 Å². The predicted molar refractivity (Wildman–Crippen MR) is 138 cm³/mol. The molecule has 1 amide bonds. The minimum absolute atomic E-state index is 0.104. The monoisotopic (exact) mass is 454 g/mol. The van der Waals surface area contributed by atoms with Crippen molar-refractivity contribution in [2.24, 2.45) is 0 Å².